The number of aliphatic hydroxyl groups is 1. The highest BCUT2D eigenvalue weighted by Crippen LogP contribution is 2.25. The summed E-state index contributed by atoms with van der Waals surface area (Å²) in [6.45, 7) is 4.42. The average Bonchev–Trinajstić information content (AvgIpc) is 3.29. The molecule has 4 rings (SSSR count). The molecule has 2 aromatic heterocycles. The Kier molecular flexibility index (Phi) is 6.02. The minimum atomic E-state index is -0.569. The first kappa shape index (κ1) is 22.0. The molecule has 1 saturated heterocycles. The van der Waals surface area contributed by atoms with Crippen LogP contribution in [0.25, 0.3) is 11.7 Å². The molecule has 3 amide bonds. The van der Waals surface area contributed by atoms with Crippen LogP contribution >= 0.6 is 22.6 Å². The predicted octanol–water partition coefficient (Wildman–Crippen LogP) is 2.69. The van der Waals surface area contributed by atoms with Crippen molar-refractivity contribution < 1.29 is 14.7 Å². The number of aromatic nitrogens is 3. The van der Waals surface area contributed by atoms with Gasteiger partial charge in [0.25, 0.3) is 5.91 Å². The van der Waals surface area contributed by atoms with Crippen molar-refractivity contribution in [3.8, 4) is 0 Å². The van der Waals surface area contributed by atoms with E-state index in [2.05, 4.69) is 53.9 Å². The van der Waals surface area contributed by atoms with Crippen molar-refractivity contribution >= 4 is 63.6 Å². The van der Waals surface area contributed by atoms with Gasteiger partial charge in [0.2, 0.25) is 0 Å². The van der Waals surface area contributed by atoms with E-state index in [0.29, 0.717) is 29.4 Å². The fourth-order valence-corrected chi connectivity index (χ4v) is 3.55. The summed E-state index contributed by atoms with van der Waals surface area (Å²) in [6.07, 6.45) is 3.11. The van der Waals surface area contributed by atoms with Crippen molar-refractivity contribution in [1.29, 1.82) is 0 Å². The normalized spacial score (nSPS) is 15.2. The largest absolute Gasteiger partial charge is 0.396 e. The summed E-state index contributed by atoms with van der Waals surface area (Å²) in [5.74, 6) is 0.726. The molecule has 0 radical (unpaired) electrons. The molecular weight excluding hydrogens is 525 g/mol. The molecule has 0 aliphatic carbocycles. The number of imide groups is 1. The van der Waals surface area contributed by atoms with Crippen molar-refractivity contribution in [2.45, 2.75) is 13.8 Å². The van der Waals surface area contributed by atoms with Gasteiger partial charge in [-0.25, -0.2) is 9.78 Å². The Bertz CT molecular complexity index is 1240. The molecule has 1 aromatic carbocycles. The maximum Gasteiger partial charge on any atom is 0.326 e. The Hall–Kier alpha value is -3.19. The lowest BCUT2D eigenvalue weighted by Gasteiger charge is -2.23. The number of carbonyl (C=O) groups is 2. The second-order valence-corrected chi connectivity index (χ2v) is 9.39. The molecule has 0 bridgehead atoms. The van der Waals surface area contributed by atoms with E-state index in [9.17, 15) is 14.7 Å². The molecule has 0 saturated carbocycles. The maximum atomic E-state index is 11.9. The highest BCUT2D eigenvalue weighted by Gasteiger charge is 2.24. The summed E-state index contributed by atoms with van der Waals surface area (Å²) in [6, 6.07) is 9.13. The first-order valence-electron chi connectivity index (χ1n) is 9.84. The first-order valence-corrected chi connectivity index (χ1v) is 10.9. The lowest BCUT2D eigenvalue weighted by Crippen LogP contribution is -2.27. The van der Waals surface area contributed by atoms with Gasteiger partial charge < -0.3 is 21.1 Å². The second kappa shape index (κ2) is 8.74. The highest BCUT2D eigenvalue weighted by atomic mass is 127. The average molecular weight is 547 g/mol. The Morgan fingerprint density at radius 2 is 2.06 bits per heavy atom. The molecule has 0 unspecified atom stereocenters. The van der Waals surface area contributed by atoms with Crippen molar-refractivity contribution in [3.63, 3.8) is 0 Å². The van der Waals surface area contributed by atoms with Crippen LogP contribution in [-0.2, 0) is 4.79 Å². The summed E-state index contributed by atoms with van der Waals surface area (Å²) in [7, 11) is 0. The first-order chi connectivity index (χ1) is 15.2. The number of amides is 3. The number of halogens is 1. The molecular formula is C21H22IN7O3. The molecule has 3 heterocycles. The van der Waals surface area contributed by atoms with E-state index in [-0.39, 0.29) is 17.7 Å². The van der Waals surface area contributed by atoms with Gasteiger partial charge in [-0.15, -0.1) is 0 Å². The van der Waals surface area contributed by atoms with Crippen LogP contribution in [0.2, 0.25) is 0 Å². The minimum Gasteiger partial charge on any atom is -0.396 e. The lowest BCUT2D eigenvalue weighted by molar-refractivity contribution is -0.115. The number of hydrogen-bond donors (Lipinski definition) is 5. The van der Waals surface area contributed by atoms with Crippen LogP contribution in [0.1, 0.15) is 19.4 Å². The van der Waals surface area contributed by atoms with E-state index in [1.165, 1.54) is 6.08 Å². The zero-order chi connectivity index (χ0) is 22.9. The second-order valence-electron chi connectivity index (χ2n) is 8.14. The zero-order valence-corrected chi connectivity index (χ0v) is 19.6. The van der Waals surface area contributed by atoms with Crippen molar-refractivity contribution in [2.24, 2.45) is 5.41 Å². The number of benzene rings is 1. The predicted molar refractivity (Wildman–Crippen MR) is 129 cm³/mol. The number of nitrogens with one attached hydrogen (secondary N) is 4. The smallest absolute Gasteiger partial charge is 0.326 e. The monoisotopic (exact) mass is 547 g/mol. The van der Waals surface area contributed by atoms with E-state index in [1.54, 1.807) is 10.7 Å². The van der Waals surface area contributed by atoms with Crippen LogP contribution in [0.4, 0.5) is 22.1 Å². The molecule has 0 spiro atoms. The number of urea groups is 1. The summed E-state index contributed by atoms with van der Waals surface area (Å²) in [5, 5.41) is 25.3. The number of rotatable bonds is 7. The Morgan fingerprint density at radius 1 is 1.25 bits per heavy atom. The van der Waals surface area contributed by atoms with E-state index < -0.39 is 11.9 Å². The third kappa shape index (κ3) is 4.83. The fourth-order valence-electron chi connectivity index (χ4n) is 3.01. The zero-order valence-electron chi connectivity index (χ0n) is 17.4. The number of fused-ring (bicyclic) bond motifs is 1. The van der Waals surface area contributed by atoms with Gasteiger partial charge in [0.15, 0.2) is 5.65 Å². The molecule has 0 atom stereocenters. The van der Waals surface area contributed by atoms with Crippen molar-refractivity contribution in [1.82, 2.24) is 25.2 Å². The summed E-state index contributed by atoms with van der Waals surface area (Å²) in [4.78, 5) is 28.1. The number of anilines is 3. The van der Waals surface area contributed by atoms with Crippen molar-refractivity contribution in [2.75, 3.05) is 23.8 Å². The summed E-state index contributed by atoms with van der Waals surface area (Å²) < 4.78 is 2.70. The maximum absolute atomic E-state index is 11.9. The highest BCUT2D eigenvalue weighted by molar-refractivity contribution is 14.1. The topological polar surface area (TPSA) is 133 Å². The molecule has 10 nitrogen and oxygen atoms in total. The molecule has 1 aliphatic heterocycles. The van der Waals surface area contributed by atoms with Gasteiger partial charge >= 0.3 is 6.03 Å². The van der Waals surface area contributed by atoms with E-state index in [1.807, 2.05) is 44.2 Å². The van der Waals surface area contributed by atoms with Gasteiger partial charge in [0.1, 0.15) is 17.3 Å². The third-order valence-corrected chi connectivity index (χ3v) is 5.46. The van der Waals surface area contributed by atoms with Gasteiger partial charge in [-0.2, -0.15) is 9.61 Å². The Balaban J connectivity index is 1.76. The number of hydrogen-bond acceptors (Lipinski definition) is 7. The molecule has 1 fully saturated rings. The van der Waals surface area contributed by atoms with Gasteiger partial charge in [0, 0.05) is 39.5 Å². The molecule has 11 heteroatoms. The molecule has 166 valence electrons. The van der Waals surface area contributed by atoms with E-state index >= 15 is 0 Å². The van der Waals surface area contributed by atoms with Crippen LogP contribution in [0.5, 0.6) is 0 Å². The number of nitrogens with zero attached hydrogens (tertiary/aromatic N) is 3. The van der Waals surface area contributed by atoms with Crippen LogP contribution in [0, 0.1) is 8.99 Å². The lowest BCUT2D eigenvalue weighted by atomic mass is 9.95. The molecule has 3 aromatic rings. The SMILES string of the molecule is CC(C)(CO)CNc1cc(Nc2cccc(I)c2)nc2c(/C=C3\NC(=O)NC3=O)cnn12. The summed E-state index contributed by atoms with van der Waals surface area (Å²) in [5.41, 5.74) is 1.71. The number of aliphatic hydroxyl groups excluding tert-OH is 1. The Morgan fingerprint density at radius 3 is 2.75 bits per heavy atom. The summed E-state index contributed by atoms with van der Waals surface area (Å²) >= 11 is 2.24. The van der Waals surface area contributed by atoms with Gasteiger partial charge in [0.05, 0.1) is 6.20 Å². The van der Waals surface area contributed by atoms with Crippen LogP contribution in [0.15, 0.2) is 42.2 Å². The van der Waals surface area contributed by atoms with Gasteiger partial charge in [-0.1, -0.05) is 19.9 Å². The van der Waals surface area contributed by atoms with Crippen LogP contribution in [0.3, 0.4) is 0 Å². The minimum absolute atomic E-state index is 0.0209. The van der Waals surface area contributed by atoms with Crippen LogP contribution in [-0.4, -0.2) is 44.8 Å². The number of carbonyl (C=O) groups excluding carboxylic acids is 2. The third-order valence-electron chi connectivity index (χ3n) is 4.79. The fraction of sp³-hybridized carbons (Fsp3) is 0.238. The van der Waals surface area contributed by atoms with Gasteiger partial charge in [-0.05, 0) is 46.9 Å². The van der Waals surface area contributed by atoms with Crippen molar-refractivity contribution in [3.05, 3.63) is 51.4 Å². The molecule has 1 aliphatic rings. The molecule has 32 heavy (non-hydrogen) atoms. The van der Waals surface area contributed by atoms with Crippen LogP contribution < -0.4 is 21.3 Å². The van der Waals surface area contributed by atoms with E-state index in [0.717, 1.165) is 9.26 Å². The van der Waals surface area contributed by atoms with E-state index in [4.69, 9.17) is 0 Å². The quantitative estimate of drug-likeness (QED) is 0.175. The Labute approximate surface area is 197 Å². The van der Waals surface area contributed by atoms with Gasteiger partial charge in [-0.3, -0.25) is 10.1 Å². The standard InChI is InChI=1S/C21H22IN7O3/c1-21(2,11-30)10-23-17-8-16(25-14-5-3-4-13(22)7-14)27-18-12(9-24-29(17)18)6-15-19(31)28-20(32)26-15/h3-9,23,30H,10-11H2,1-2H3,(H,25,27)(H2,26,28,31,32)/b15-6-. The molecule has 5 N–H and O–H groups in total.